The lowest BCUT2D eigenvalue weighted by molar-refractivity contribution is 0.0889. The maximum absolute atomic E-state index is 5.49. The lowest BCUT2D eigenvalue weighted by Gasteiger charge is -2.32. The smallest absolute Gasteiger partial charge is 0.243 e. The molecule has 0 spiro atoms. The Balaban J connectivity index is 2.27. The molecule has 1 aromatic rings. The Bertz CT molecular complexity index is 452. The van der Waals surface area contributed by atoms with Crippen molar-refractivity contribution in [1.29, 1.82) is 0 Å². The molecule has 8 nitrogen and oxygen atoms in total. The summed E-state index contributed by atoms with van der Waals surface area (Å²) < 4.78 is 5.46. The van der Waals surface area contributed by atoms with E-state index in [-0.39, 0.29) is 6.10 Å². The summed E-state index contributed by atoms with van der Waals surface area (Å²) in [6.07, 6.45) is 2.36. The Morgan fingerprint density at radius 1 is 1.33 bits per heavy atom. The maximum atomic E-state index is 5.49. The van der Waals surface area contributed by atoms with Gasteiger partial charge in [0.05, 0.1) is 6.10 Å². The summed E-state index contributed by atoms with van der Waals surface area (Å²) >= 11 is 0. The van der Waals surface area contributed by atoms with Crippen LogP contribution in [0.4, 0.5) is 17.8 Å². The predicted molar refractivity (Wildman–Crippen MR) is 83.4 cm³/mol. The topological polar surface area (TPSA) is 92.4 Å². The number of rotatable bonds is 6. The number of hydrogen-bond donors (Lipinski definition) is 2. The quantitative estimate of drug-likeness (QED) is 0.583. The zero-order valence-corrected chi connectivity index (χ0v) is 13.0. The van der Waals surface area contributed by atoms with Gasteiger partial charge in [-0.05, 0) is 26.7 Å². The molecular weight excluding hydrogens is 270 g/mol. The summed E-state index contributed by atoms with van der Waals surface area (Å²) in [5, 5.41) is 0. The van der Waals surface area contributed by atoms with E-state index in [1.54, 1.807) is 7.11 Å². The van der Waals surface area contributed by atoms with Crippen molar-refractivity contribution < 1.29 is 4.74 Å². The Labute approximate surface area is 125 Å². The van der Waals surface area contributed by atoms with Crippen molar-refractivity contribution in [3.63, 3.8) is 0 Å². The lowest BCUT2D eigenvalue weighted by atomic mass is 10.1. The van der Waals surface area contributed by atoms with Crippen LogP contribution in [0.5, 0.6) is 0 Å². The second kappa shape index (κ2) is 7.37. The molecule has 1 aliphatic heterocycles. The van der Waals surface area contributed by atoms with Crippen LogP contribution in [0.1, 0.15) is 26.7 Å². The molecular formula is C13H25N7O. The van der Waals surface area contributed by atoms with Crippen LogP contribution in [-0.4, -0.2) is 54.3 Å². The Morgan fingerprint density at radius 2 is 2.10 bits per heavy atom. The molecule has 1 atom stereocenters. The van der Waals surface area contributed by atoms with Crippen molar-refractivity contribution in [3.8, 4) is 0 Å². The number of methoxy groups -OCH3 is 1. The number of hydrogen-bond acceptors (Lipinski definition) is 8. The second-order valence-electron chi connectivity index (χ2n) is 5.02. The fourth-order valence-electron chi connectivity index (χ4n) is 2.52. The van der Waals surface area contributed by atoms with Crippen LogP contribution in [0.25, 0.3) is 0 Å². The average Bonchev–Trinajstić information content (AvgIpc) is 2.55. The molecule has 1 saturated heterocycles. The second-order valence-corrected chi connectivity index (χ2v) is 5.02. The zero-order valence-electron chi connectivity index (χ0n) is 13.0. The van der Waals surface area contributed by atoms with Gasteiger partial charge in [0.1, 0.15) is 0 Å². The Hall–Kier alpha value is -1.67. The van der Waals surface area contributed by atoms with Crippen LogP contribution >= 0.6 is 0 Å². The predicted octanol–water partition coefficient (Wildman–Crippen LogP) is 0.619. The number of ether oxygens (including phenoxy) is 1. The fraction of sp³-hybridized carbons (Fsp3) is 0.769. The molecule has 0 aliphatic carbocycles. The van der Waals surface area contributed by atoms with Crippen molar-refractivity contribution in [1.82, 2.24) is 15.0 Å². The molecule has 118 valence electrons. The van der Waals surface area contributed by atoms with Gasteiger partial charge in [-0.25, -0.2) is 5.84 Å². The van der Waals surface area contributed by atoms with Gasteiger partial charge in [0.2, 0.25) is 17.8 Å². The molecule has 0 radical (unpaired) electrons. The van der Waals surface area contributed by atoms with Crippen molar-refractivity contribution in [2.24, 2.45) is 5.84 Å². The van der Waals surface area contributed by atoms with E-state index in [9.17, 15) is 0 Å². The lowest BCUT2D eigenvalue weighted by Crippen LogP contribution is -2.40. The zero-order chi connectivity index (χ0) is 15.2. The summed E-state index contributed by atoms with van der Waals surface area (Å²) in [5.74, 6) is 7.18. The molecule has 0 aromatic carbocycles. The van der Waals surface area contributed by atoms with E-state index in [4.69, 9.17) is 10.6 Å². The molecule has 0 saturated carbocycles. The number of nitrogen functional groups attached to an aromatic ring is 1. The van der Waals surface area contributed by atoms with Crippen molar-refractivity contribution in [2.75, 3.05) is 48.5 Å². The molecule has 1 fully saturated rings. The molecule has 2 heterocycles. The minimum Gasteiger partial charge on any atom is -0.380 e. The van der Waals surface area contributed by atoms with E-state index in [0.29, 0.717) is 17.8 Å². The highest BCUT2D eigenvalue weighted by Gasteiger charge is 2.23. The molecule has 1 aromatic heterocycles. The molecule has 0 bridgehead atoms. The first-order chi connectivity index (χ1) is 10.2. The number of hydrazine groups is 1. The van der Waals surface area contributed by atoms with Gasteiger partial charge in [-0.15, -0.1) is 0 Å². The monoisotopic (exact) mass is 295 g/mol. The van der Waals surface area contributed by atoms with Crippen LogP contribution in [0.15, 0.2) is 0 Å². The molecule has 1 unspecified atom stereocenters. The number of aromatic nitrogens is 3. The molecule has 21 heavy (non-hydrogen) atoms. The average molecular weight is 295 g/mol. The Morgan fingerprint density at radius 3 is 2.71 bits per heavy atom. The van der Waals surface area contributed by atoms with Gasteiger partial charge in [-0.2, -0.15) is 15.0 Å². The minimum absolute atomic E-state index is 0.224. The van der Waals surface area contributed by atoms with E-state index >= 15 is 0 Å². The number of anilines is 3. The van der Waals surface area contributed by atoms with Gasteiger partial charge >= 0.3 is 0 Å². The molecule has 3 N–H and O–H groups in total. The van der Waals surface area contributed by atoms with Gasteiger partial charge in [-0.1, -0.05) is 0 Å². The minimum atomic E-state index is 0.224. The highest BCUT2D eigenvalue weighted by Crippen LogP contribution is 2.21. The third kappa shape index (κ3) is 3.70. The first kappa shape index (κ1) is 15.7. The number of nitrogens with two attached hydrogens (primary N) is 1. The van der Waals surface area contributed by atoms with Crippen LogP contribution in [0.2, 0.25) is 0 Å². The normalized spacial score (nSPS) is 18.7. The van der Waals surface area contributed by atoms with Crippen molar-refractivity contribution in [3.05, 3.63) is 0 Å². The van der Waals surface area contributed by atoms with Gasteiger partial charge in [0.15, 0.2) is 0 Å². The van der Waals surface area contributed by atoms with Gasteiger partial charge in [0.25, 0.3) is 0 Å². The third-order valence-electron chi connectivity index (χ3n) is 3.78. The van der Waals surface area contributed by atoms with E-state index in [2.05, 4.69) is 44.0 Å². The molecule has 2 rings (SSSR count). The van der Waals surface area contributed by atoms with Crippen LogP contribution in [-0.2, 0) is 4.74 Å². The van der Waals surface area contributed by atoms with Crippen LogP contribution in [0, 0.1) is 0 Å². The van der Waals surface area contributed by atoms with E-state index in [0.717, 1.165) is 39.0 Å². The Kier molecular flexibility index (Phi) is 5.51. The summed E-state index contributed by atoms with van der Waals surface area (Å²) in [6.45, 7) is 7.54. The first-order valence-corrected chi connectivity index (χ1v) is 7.47. The number of nitrogens with one attached hydrogen (secondary N) is 1. The van der Waals surface area contributed by atoms with E-state index in [1.807, 2.05) is 0 Å². The van der Waals surface area contributed by atoms with E-state index in [1.165, 1.54) is 0 Å². The van der Waals surface area contributed by atoms with Gasteiger partial charge in [-0.3, -0.25) is 5.43 Å². The molecule has 0 amide bonds. The van der Waals surface area contributed by atoms with E-state index < -0.39 is 0 Å². The van der Waals surface area contributed by atoms with Crippen molar-refractivity contribution in [2.45, 2.75) is 32.8 Å². The summed E-state index contributed by atoms with van der Waals surface area (Å²) in [6, 6.07) is 0. The number of piperidine rings is 1. The first-order valence-electron chi connectivity index (χ1n) is 7.47. The van der Waals surface area contributed by atoms with Crippen molar-refractivity contribution >= 4 is 17.8 Å². The van der Waals surface area contributed by atoms with Crippen LogP contribution < -0.4 is 21.1 Å². The van der Waals surface area contributed by atoms with Gasteiger partial charge in [0, 0.05) is 33.3 Å². The number of nitrogens with zero attached hydrogens (tertiary/aromatic N) is 5. The summed E-state index contributed by atoms with van der Waals surface area (Å²) in [7, 11) is 1.75. The van der Waals surface area contributed by atoms with Crippen LogP contribution in [0.3, 0.4) is 0 Å². The highest BCUT2D eigenvalue weighted by molar-refractivity contribution is 5.45. The largest absolute Gasteiger partial charge is 0.380 e. The maximum Gasteiger partial charge on any atom is 0.243 e. The third-order valence-corrected chi connectivity index (χ3v) is 3.78. The summed E-state index contributed by atoms with van der Waals surface area (Å²) in [4.78, 5) is 17.5. The standard InChI is InChI=1S/C13H25N7O/c1-4-19(5-2)12-15-11(18-14)16-13(17-12)20-8-6-7-10(9-20)21-3/h10H,4-9,14H2,1-3H3,(H,15,16,17,18). The van der Waals surface area contributed by atoms with Gasteiger partial charge < -0.3 is 14.5 Å². The highest BCUT2D eigenvalue weighted by atomic mass is 16.5. The molecule has 8 heteroatoms. The molecule has 1 aliphatic rings. The summed E-state index contributed by atoms with van der Waals surface area (Å²) in [5.41, 5.74) is 2.53. The SMILES string of the molecule is CCN(CC)c1nc(NN)nc(N2CCCC(OC)C2)n1. The fourth-order valence-corrected chi connectivity index (χ4v) is 2.52.